The molecule has 0 aromatic carbocycles. The minimum Gasteiger partial charge on any atom is -0.475 e. The van der Waals surface area contributed by atoms with E-state index in [4.69, 9.17) is 9.47 Å². The van der Waals surface area contributed by atoms with Crippen LogP contribution in [0.3, 0.4) is 0 Å². The number of pyridine rings is 1. The summed E-state index contributed by atoms with van der Waals surface area (Å²) in [4.78, 5) is 4.55. The number of nitrogens with zero attached hydrogens (tertiary/aromatic N) is 1. The molecule has 1 fully saturated rings. The summed E-state index contributed by atoms with van der Waals surface area (Å²) in [5.74, 6) is 1.39. The molecule has 118 valence electrons. The van der Waals surface area contributed by atoms with E-state index in [0.29, 0.717) is 12.5 Å². The standard InChI is InChI=1S/C17H28N2O2/c1-4-15-8-14(11-18-10-13(2)3)9-17(19-15)21-12-16-6-5-7-20-16/h8-9,13,16,18H,4-7,10-12H2,1-3H3. The highest BCUT2D eigenvalue weighted by Gasteiger charge is 2.16. The van der Waals surface area contributed by atoms with Gasteiger partial charge in [-0.15, -0.1) is 0 Å². The van der Waals surface area contributed by atoms with Gasteiger partial charge >= 0.3 is 0 Å². The van der Waals surface area contributed by atoms with Gasteiger partial charge in [-0.3, -0.25) is 0 Å². The third-order valence-corrected chi connectivity index (χ3v) is 3.60. The summed E-state index contributed by atoms with van der Waals surface area (Å²) < 4.78 is 11.4. The summed E-state index contributed by atoms with van der Waals surface area (Å²) in [7, 11) is 0. The molecular formula is C17H28N2O2. The van der Waals surface area contributed by atoms with E-state index in [2.05, 4.69) is 37.1 Å². The number of hydrogen-bond acceptors (Lipinski definition) is 4. The van der Waals surface area contributed by atoms with E-state index >= 15 is 0 Å². The molecule has 4 heteroatoms. The van der Waals surface area contributed by atoms with Crippen LogP contribution in [0.2, 0.25) is 0 Å². The molecule has 0 saturated carbocycles. The molecule has 0 bridgehead atoms. The number of ether oxygens (including phenoxy) is 2. The maximum absolute atomic E-state index is 5.84. The number of rotatable bonds is 8. The quantitative estimate of drug-likeness (QED) is 0.800. The highest BCUT2D eigenvalue weighted by atomic mass is 16.5. The largest absolute Gasteiger partial charge is 0.475 e. The SMILES string of the molecule is CCc1cc(CNCC(C)C)cc(OCC2CCCO2)n1. The van der Waals surface area contributed by atoms with Gasteiger partial charge in [0.05, 0.1) is 6.10 Å². The first-order chi connectivity index (χ1) is 10.2. The van der Waals surface area contributed by atoms with Crippen molar-refractivity contribution in [3.05, 3.63) is 23.4 Å². The summed E-state index contributed by atoms with van der Waals surface area (Å²) in [6, 6.07) is 4.20. The van der Waals surface area contributed by atoms with Crippen molar-refractivity contribution in [3.8, 4) is 5.88 Å². The van der Waals surface area contributed by atoms with Crippen molar-refractivity contribution in [2.75, 3.05) is 19.8 Å². The van der Waals surface area contributed by atoms with Crippen molar-refractivity contribution in [2.45, 2.75) is 52.7 Å². The Balaban J connectivity index is 1.92. The van der Waals surface area contributed by atoms with Gasteiger partial charge in [0.1, 0.15) is 6.61 Å². The zero-order valence-electron chi connectivity index (χ0n) is 13.5. The van der Waals surface area contributed by atoms with Crippen LogP contribution in [0.15, 0.2) is 12.1 Å². The van der Waals surface area contributed by atoms with Gasteiger partial charge in [0.25, 0.3) is 0 Å². The van der Waals surface area contributed by atoms with E-state index in [1.165, 1.54) is 5.56 Å². The second-order valence-corrected chi connectivity index (χ2v) is 6.13. The monoisotopic (exact) mass is 292 g/mol. The van der Waals surface area contributed by atoms with Crippen LogP contribution >= 0.6 is 0 Å². The third kappa shape index (κ3) is 5.64. The molecule has 0 aliphatic carbocycles. The first kappa shape index (κ1) is 16.2. The number of nitrogens with one attached hydrogen (secondary N) is 1. The summed E-state index contributed by atoms with van der Waals surface area (Å²) in [5.41, 5.74) is 2.33. The molecule has 21 heavy (non-hydrogen) atoms. The van der Waals surface area contributed by atoms with Crippen molar-refractivity contribution in [3.63, 3.8) is 0 Å². The summed E-state index contributed by atoms with van der Waals surface area (Å²) in [6.45, 7) is 9.91. The predicted molar refractivity (Wildman–Crippen MR) is 84.6 cm³/mol. The maximum Gasteiger partial charge on any atom is 0.213 e. The fraction of sp³-hybridized carbons (Fsp3) is 0.706. The fourth-order valence-electron chi connectivity index (χ4n) is 2.44. The molecule has 0 amide bonds. The second kappa shape index (κ2) is 8.35. The molecule has 1 aliphatic heterocycles. The summed E-state index contributed by atoms with van der Waals surface area (Å²) >= 11 is 0. The van der Waals surface area contributed by atoms with Crippen LogP contribution in [-0.4, -0.2) is 30.8 Å². The Bertz CT molecular complexity index is 429. The Kier molecular flexibility index (Phi) is 6.46. The maximum atomic E-state index is 5.84. The highest BCUT2D eigenvalue weighted by Crippen LogP contribution is 2.17. The van der Waals surface area contributed by atoms with E-state index in [0.717, 1.165) is 50.5 Å². The van der Waals surface area contributed by atoms with Crippen LogP contribution in [0.1, 0.15) is 44.9 Å². The van der Waals surface area contributed by atoms with E-state index in [1.54, 1.807) is 0 Å². The molecule has 1 saturated heterocycles. The highest BCUT2D eigenvalue weighted by molar-refractivity contribution is 5.25. The van der Waals surface area contributed by atoms with Crippen LogP contribution in [-0.2, 0) is 17.7 Å². The molecular weight excluding hydrogens is 264 g/mol. The van der Waals surface area contributed by atoms with E-state index < -0.39 is 0 Å². The molecule has 0 spiro atoms. The van der Waals surface area contributed by atoms with Crippen LogP contribution < -0.4 is 10.1 Å². The van der Waals surface area contributed by atoms with Gasteiger partial charge in [0.15, 0.2) is 0 Å². The van der Waals surface area contributed by atoms with Gasteiger partial charge in [-0.1, -0.05) is 20.8 Å². The number of hydrogen-bond donors (Lipinski definition) is 1. The molecule has 4 nitrogen and oxygen atoms in total. The Hall–Kier alpha value is -1.13. The van der Waals surface area contributed by atoms with Crippen LogP contribution in [0, 0.1) is 5.92 Å². The first-order valence-electron chi connectivity index (χ1n) is 8.12. The Morgan fingerprint density at radius 2 is 2.29 bits per heavy atom. The predicted octanol–water partition coefficient (Wildman–Crippen LogP) is 2.95. The van der Waals surface area contributed by atoms with E-state index in [1.807, 2.05) is 6.07 Å². The van der Waals surface area contributed by atoms with Crippen molar-refractivity contribution >= 4 is 0 Å². The van der Waals surface area contributed by atoms with Crippen LogP contribution in [0.5, 0.6) is 5.88 Å². The normalized spacial score (nSPS) is 18.4. The molecule has 2 heterocycles. The lowest BCUT2D eigenvalue weighted by molar-refractivity contribution is 0.0662. The van der Waals surface area contributed by atoms with E-state index in [-0.39, 0.29) is 6.10 Å². The average molecular weight is 292 g/mol. The minimum atomic E-state index is 0.236. The lowest BCUT2D eigenvalue weighted by Gasteiger charge is -2.13. The van der Waals surface area contributed by atoms with Gasteiger partial charge in [-0.2, -0.15) is 0 Å². The van der Waals surface area contributed by atoms with Gasteiger partial charge in [0, 0.05) is 24.9 Å². The molecule has 1 aliphatic rings. The second-order valence-electron chi connectivity index (χ2n) is 6.13. The van der Waals surface area contributed by atoms with Gasteiger partial charge in [-0.05, 0) is 43.4 Å². The zero-order chi connectivity index (χ0) is 15.1. The van der Waals surface area contributed by atoms with Crippen molar-refractivity contribution in [2.24, 2.45) is 5.92 Å². The summed E-state index contributed by atoms with van der Waals surface area (Å²) in [6.07, 6.45) is 3.39. The zero-order valence-corrected chi connectivity index (χ0v) is 13.5. The van der Waals surface area contributed by atoms with Gasteiger partial charge in [0.2, 0.25) is 5.88 Å². The number of aryl methyl sites for hydroxylation is 1. The third-order valence-electron chi connectivity index (χ3n) is 3.60. The first-order valence-corrected chi connectivity index (χ1v) is 8.12. The van der Waals surface area contributed by atoms with Crippen molar-refractivity contribution < 1.29 is 9.47 Å². The van der Waals surface area contributed by atoms with E-state index in [9.17, 15) is 0 Å². The average Bonchev–Trinajstić information content (AvgIpc) is 2.98. The fourth-order valence-corrected chi connectivity index (χ4v) is 2.44. The van der Waals surface area contributed by atoms with Gasteiger partial charge < -0.3 is 14.8 Å². The van der Waals surface area contributed by atoms with Crippen molar-refractivity contribution in [1.29, 1.82) is 0 Å². The smallest absolute Gasteiger partial charge is 0.213 e. The summed E-state index contributed by atoms with van der Waals surface area (Å²) in [5, 5.41) is 3.47. The van der Waals surface area contributed by atoms with Crippen molar-refractivity contribution in [1.82, 2.24) is 10.3 Å². The molecule has 0 radical (unpaired) electrons. The number of aromatic nitrogens is 1. The molecule has 1 unspecified atom stereocenters. The lowest BCUT2D eigenvalue weighted by Crippen LogP contribution is -2.20. The molecule has 1 atom stereocenters. The minimum absolute atomic E-state index is 0.236. The molecule has 1 aromatic rings. The Morgan fingerprint density at radius 1 is 1.43 bits per heavy atom. The molecule has 2 rings (SSSR count). The topological polar surface area (TPSA) is 43.4 Å². The lowest BCUT2D eigenvalue weighted by atomic mass is 10.2. The molecule has 1 N–H and O–H groups in total. The van der Waals surface area contributed by atoms with Crippen LogP contribution in [0.4, 0.5) is 0 Å². The Labute approximate surface area is 128 Å². The van der Waals surface area contributed by atoms with Crippen LogP contribution in [0.25, 0.3) is 0 Å². The van der Waals surface area contributed by atoms with Gasteiger partial charge in [-0.25, -0.2) is 4.98 Å². The molecule has 1 aromatic heterocycles. The Morgan fingerprint density at radius 3 is 2.95 bits per heavy atom.